The Bertz CT molecular complexity index is 3040. The molecule has 46 heteroatoms. The van der Waals surface area contributed by atoms with Crippen molar-refractivity contribution in [1.82, 2.24) is 0 Å². The van der Waals surface area contributed by atoms with E-state index in [4.69, 9.17) is 188 Å². The summed E-state index contributed by atoms with van der Waals surface area (Å²) in [6.45, 7) is -2.30. The minimum absolute atomic E-state index is 0.0984. The van der Waals surface area contributed by atoms with Gasteiger partial charge in [0.05, 0.1) is 65.4 Å². The Balaban J connectivity index is 1.16. The van der Waals surface area contributed by atoms with E-state index in [0.29, 0.717) is 0 Å². The molecule has 0 saturated carbocycles. The van der Waals surface area contributed by atoms with Gasteiger partial charge in [-0.2, -0.15) is 16.8 Å². The fraction of sp³-hybridized carbons (Fsp3) is 1.00. The van der Waals surface area contributed by atoms with Crippen LogP contribution in [0.3, 0.4) is 0 Å². The van der Waals surface area contributed by atoms with E-state index < -0.39 is 279 Å². The molecular weight excluding hydrogens is 1630 g/mol. The van der Waals surface area contributed by atoms with E-state index in [1.165, 1.54) is 156 Å². The van der Waals surface area contributed by atoms with Gasteiger partial charge in [0, 0.05) is 156 Å². The monoisotopic (exact) mass is 1760 g/mol. The standard InChI is InChI=1S/C72H128O44S2/c1-77-25-33-41-49(83-7)58(92-16)66(102-33)111-43-35(27-79-3)104-68(60(94-18)51(43)85-9)113-45-37(29-81-5)106-70(62(96-20)53(45)87-11)115-47-39(31-99-117(23,73)74)108-72(64(98-22)55(47)89-13)116-48-40(32-100-118(24,75)76)107-71(63(97-21)56(48)90-14)114-46-38(30-82-6)105-69(61(95-19)54(46)88-12)112-44-36(28-80-4)103-67(59(93-17)52(44)86-10)110-42-34(26-78-2)101-65(109-41)57(91-15)50(42)84-8/h33-72H,25-32H2,1-24H3/t33-,34-,35-,36-,37-,38-,39-,40-,41-,42-,43-,44-,45-,46-,47-,48-,49+,50+,51+,52+,53+,54+,55+,56+,57+,58-,59-,60-,61+,62-,63+,64-,65-,66-,67-,68-,69-,70-,71-,72-/m1/s1. The van der Waals surface area contributed by atoms with Crippen LogP contribution in [0.25, 0.3) is 0 Å². The molecule has 44 nitrogen and oxygen atoms in total. The van der Waals surface area contributed by atoms with Crippen molar-refractivity contribution in [3.63, 3.8) is 0 Å². The SMILES string of the molecule is COC[C@H]1O[C@@H]2O[C@H]3[C@H](OC)[C@@H](OC)[C@@H](O[C@H]4[C@H](OC)[C@H](OC)[C@@H](O[C@H]5[C@H](OC)[C@@H](OC)[C@@H](O[C@H]6[C@H](OC)[C@@H](OC)[C@@H](O[C@H]7[C@H](OC)[C@@H](OC)[C@@H](O[C@H]8[C@H](OC)[C@@H](OC)[C@@H](O[C@H]9[C@H](OC)[C@H](OC)[C@@H](O[C@H]1[C@H](OC)[C@@H]2OC)O[C@@H]9COS(C)(=O)=O)O[C@@H]8COS(C)(=O)=O)O[C@@H]7COC)O[C@@H]6COC)O[C@@H]5COC)O[C@@H]4COC)O[C@@H]3COC. The molecule has 0 spiro atoms. The molecule has 30 heterocycles. The lowest BCUT2D eigenvalue weighted by Gasteiger charge is -2.53. The van der Waals surface area contributed by atoms with Gasteiger partial charge >= 0.3 is 0 Å². The lowest BCUT2D eigenvalue weighted by Crippen LogP contribution is -2.70. The summed E-state index contributed by atoms with van der Waals surface area (Å²) in [7, 11) is 22.9. The smallest absolute Gasteiger partial charge is 0.264 e. The molecule has 0 aromatic heterocycles. The van der Waals surface area contributed by atoms with Crippen molar-refractivity contribution in [2.24, 2.45) is 0 Å². The van der Waals surface area contributed by atoms with Crippen LogP contribution in [0.5, 0.6) is 0 Å². The van der Waals surface area contributed by atoms with Crippen molar-refractivity contribution < 1.29 is 205 Å². The molecule has 40 atom stereocenters. The zero-order valence-corrected chi connectivity index (χ0v) is 73.2. The summed E-state index contributed by atoms with van der Waals surface area (Å²) in [5.74, 6) is 0. The van der Waals surface area contributed by atoms with Crippen LogP contribution in [-0.4, -0.2) is 484 Å². The molecule has 30 fully saturated rings. The molecule has 0 unspecified atom stereocenters. The van der Waals surface area contributed by atoms with Crippen LogP contribution in [0.4, 0.5) is 0 Å². The van der Waals surface area contributed by atoms with Crippen molar-refractivity contribution in [2.75, 3.05) is 222 Å². The Kier molecular flexibility index (Phi) is 40.2. The zero-order chi connectivity index (χ0) is 86.0. The second-order valence-electron chi connectivity index (χ2n) is 29.1. The second kappa shape index (κ2) is 47.4. The van der Waals surface area contributed by atoms with Crippen LogP contribution in [0, 0.1) is 0 Å². The number of rotatable bonds is 34. The van der Waals surface area contributed by atoms with Crippen molar-refractivity contribution in [1.29, 1.82) is 0 Å². The molecule has 30 rings (SSSR count). The van der Waals surface area contributed by atoms with E-state index in [-0.39, 0.29) is 39.6 Å². The molecule has 118 heavy (non-hydrogen) atoms. The maximum absolute atomic E-state index is 13.1. The minimum atomic E-state index is -4.26. The van der Waals surface area contributed by atoms with Gasteiger partial charge in [0.25, 0.3) is 20.2 Å². The van der Waals surface area contributed by atoms with E-state index in [1.54, 1.807) is 0 Å². The predicted octanol–water partition coefficient (Wildman–Crippen LogP) is -3.05. The maximum Gasteiger partial charge on any atom is 0.264 e. The van der Waals surface area contributed by atoms with E-state index in [0.717, 1.165) is 12.5 Å². The first-order valence-corrected chi connectivity index (χ1v) is 42.0. The van der Waals surface area contributed by atoms with Crippen LogP contribution in [0.2, 0.25) is 0 Å². The Hall–Kier alpha value is -1.70. The van der Waals surface area contributed by atoms with Crippen LogP contribution in [-0.2, 0) is 209 Å². The number of hydrogen-bond acceptors (Lipinski definition) is 44. The normalized spacial score (nSPS) is 44.6. The van der Waals surface area contributed by atoms with Gasteiger partial charge in [0.2, 0.25) is 0 Å². The van der Waals surface area contributed by atoms with Gasteiger partial charge < -0.3 is 180 Å². The van der Waals surface area contributed by atoms with Gasteiger partial charge in [0.15, 0.2) is 50.3 Å². The van der Waals surface area contributed by atoms with E-state index >= 15 is 0 Å². The highest BCUT2D eigenvalue weighted by Gasteiger charge is 2.63. The fourth-order valence-electron chi connectivity index (χ4n) is 17.0. The Morgan fingerprint density at radius 2 is 0.280 bits per heavy atom. The topological polar surface area (TPSA) is 437 Å². The predicted molar refractivity (Wildman–Crippen MR) is 394 cm³/mol. The highest BCUT2D eigenvalue weighted by atomic mass is 32.2. The highest BCUT2D eigenvalue weighted by Crippen LogP contribution is 2.44. The third kappa shape index (κ3) is 23.1. The van der Waals surface area contributed by atoms with E-state index in [1.807, 2.05) is 0 Å². The zero-order valence-electron chi connectivity index (χ0n) is 71.5. The lowest BCUT2D eigenvalue weighted by molar-refractivity contribution is -0.409. The van der Waals surface area contributed by atoms with Gasteiger partial charge in [-0.25, -0.2) is 0 Å². The highest BCUT2D eigenvalue weighted by molar-refractivity contribution is 7.86. The first-order chi connectivity index (χ1) is 56.8. The summed E-state index contributed by atoms with van der Waals surface area (Å²) >= 11 is 0. The Labute approximate surface area is 690 Å². The van der Waals surface area contributed by atoms with Crippen LogP contribution in [0.15, 0.2) is 0 Å². The number of ether oxygens (including phenoxy) is 38. The van der Waals surface area contributed by atoms with Crippen molar-refractivity contribution >= 4 is 20.2 Å². The molecular formula is C72H128O44S2. The molecule has 0 aliphatic carbocycles. The fourth-order valence-corrected chi connectivity index (χ4v) is 17.8. The molecule has 0 N–H and O–H groups in total. The van der Waals surface area contributed by atoms with Crippen LogP contribution >= 0.6 is 0 Å². The molecule has 0 amide bonds. The summed E-state index contributed by atoms with van der Waals surface area (Å²) in [4.78, 5) is 0. The second-order valence-corrected chi connectivity index (χ2v) is 32.4. The first kappa shape index (κ1) is 100. The van der Waals surface area contributed by atoms with Gasteiger partial charge in [-0.1, -0.05) is 0 Å². The largest absolute Gasteiger partial charge is 0.382 e. The third-order valence-electron chi connectivity index (χ3n) is 22.3. The summed E-state index contributed by atoms with van der Waals surface area (Å²) in [5, 5.41) is 0. The van der Waals surface area contributed by atoms with E-state index in [9.17, 15) is 16.8 Å². The number of hydrogen-bond donors (Lipinski definition) is 0. The lowest BCUT2D eigenvalue weighted by atomic mass is 9.94. The Morgan fingerprint density at radius 3 is 0.373 bits per heavy atom. The maximum atomic E-state index is 13.1. The van der Waals surface area contributed by atoms with Gasteiger partial charge in [-0.3, -0.25) is 8.37 Å². The van der Waals surface area contributed by atoms with Gasteiger partial charge in [-0.05, 0) is 0 Å². The molecule has 30 saturated heterocycles. The minimum Gasteiger partial charge on any atom is -0.382 e. The Morgan fingerprint density at radius 1 is 0.169 bits per heavy atom. The molecule has 30 aliphatic rings. The average Bonchev–Trinajstić information content (AvgIpc) is 0.761. The average molecular weight is 1760 g/mol. The molecule has 0 aromatic rings. The van der Waals surface area contributed by atoms with Crippen molar-refractivity contribution in [3.05, 3.63) is 0 Å². The third-order valence-corrected chi connectivity index (χ3v) is 23.4. The molecule has 0 radical (unpaired) electrons. The van der Waals surface area contributed by atoms with Crippen LogP contribution in [0.1, 0.15) is 0 Å². The van der Waals surface area contributed by atoms with Crippen molar-refractivity contribution in [3.8, 4) is 0 Å². The summed E-state index contributed by atoms with van der Waals surface area (Å²) < 4.78 is 310. The van der Waals surface area contributed by atoms with Gasteiger partial charge in [0.1, 0.15) is 195 Å². The molecule has 30 aliphatic heterocycles. The molecule has 692 valence electrons. The van der Waals surface area contributed by atoms with Crippen molar-refractivity contribution in [2.45, 2.75) is 246 Å². The summed E-state index contributed by atoms with van der Waals surface area (Å²) in [5.41, 5.74) is 0. The quantitative estimate of drug-likeness (QED) is 0.0578. The van der Waals surface area contributed by atoms with Gasteiger partial charge in [-0.15, -0.1) is 0 Å². The first-order valence-electron chi connectivity index (χ1n) is 38.4. The molecule has 0 aromatic carbocycles. The number of methoxy groups -OCH3 is 22. The van der Waals surface area contributed by atoms with Crippen LogP contribution < -0.4 is 0 Å². The molecule has 16 bridgehead atoms. The summed E-state index contributed by atoms with van der Waals surface area (Å²) in [6, 6.07) is 0. The summed E-state index contributed by atoms with van der Waals surface area (Å²) in [6.07, 6.45) is -47.1. The van der Waals surface area contributed by atoms with E-state index in [2.05, 4.69) is 0 Å².